The molecule has 0 amide bonds. The van der Waals surface area contributed by atoms with Crippen molar-refractivity contribution in [2.45, 2.75) is 12.7 Å². The molecule has 1 aliphatic rings. The van der Waals surface area contributed by atoms with E-state index in [-0.39, 0.29) is 16.3 Å². The smallest absolute Gasteiger partial charge is 0.271 e. The summed E-state index contributed by atoms with van der Waals surface area (Å²) >= 11 is 12.0. The van der Waals surface area contributed by atoms with E-state index in [1.54, 1.807) is 12.1 Å². The molecule has 0 bridgehead atoms. The Balaban J connectivity index is 1.97. The van der Waals surface area contributed by atoms with Gasteiger partial charge in [-0.15, -0.1) is 0 Å². The second-order valence-corrected chi connectivity index (χ2v) is 5.02. The van der Waals surface area contributed by atoms with Crippen molar-refractivity contribution in [2.24, 2.45) is 0 Å². The van der Waals surface area contributed by atoms with E-state index in [4.69, 9.17) is 32.7 Å². The van der Waals surface area contributed by atoms with E-state index >= 15 is 0 Å². The Labute approximate surface area is 130 Å². The Bertz CT molecular complexity index is 684. The minimum atomic E-state index is -0.704. The molecule has 0 radical (unpaired) electrons. The molecule has 0 fully saturated rings. The molecule has 0 saturated carbocycles. The monoisotopic (exact) mass is 326 g/mol. The van der Waals surface area contributed by atoms with Crippen LogP contribution in [-0.2, 0) is 15.9 Å². The Hall–Kier alpha value is -1.85. The van der Waals surface area contributed by atoms with E-state index in [1.165, 1.54) is 24.7 Å². The molecule has 2 aromatic rings. The molecular weight excluding hydrogens is 318 g/mol. The summed E-state index contributed by atoms with van der Waals surface area (Å²) in [5.74, 6) is -0.301. The summed E-state index contributed by atoms with van der Waals surface area (Å²) in [6.45, 7) is 0. The summed E-state index contributed by atoms with van der Waals surface area (Å²) in [5.41, 5.74) is 1.94. The van der Waals surface area contributed by atoms with Gasteiger partial charge in [0.2, 0.25) is 5.28 Å². The molecule has 0 atom stereocenters. The van der Waals surface area contributed by atoms with Crippen molar-refractivity contribution in [3.05, 3.63) is 69.9 Å². The first-order chi connectivity index (χ1) is 10.1. The van der Waals surface area contributed by atoms with E-state index in [9.17, 15) is 4.39 Å². The fourth-order valence-electron chi connectivity index (χ4n) is 2.00. The zero-order chi connectivity index (χ0) is 14.8. The van der Waals surface area contributed by atoms with Crippen molar-refractivity contribution in [3.8, 4) is 0 Å². The van der Waals surface area contributed by atoms with Crippen molar-refractivity contribution in [1.29, 1.82) is 0 Å². The van der Waals surface area contributed by atoms with Crippen molar-refractivity contribution in [2.75, 3.05) is 0 Å². The van der Waals surface area contributed by atoms with Gasteiger partial charge in [-0.25, -0.2) is 14.4 Å². The summed E-state index contributed by atoms with van der Waals surface area (Å²) in [6, 6.07) is 6.09. The number of benzene rings is 1. The third kappa shape index (κ3) is 3.09. The van der Waals surface area contributed by atoms with Crippen LogP contribution in [0.5, 0.6) is 0 Å². The van der Waals surface area contributed by atoms with Crippen LogP contribution >= 0.6 is 23.2 Å². The Kier molecular flexibility index (Phi) is 3.94. The Morgan fingerprint density at radius 2 is 1.71 bits per heavy atom. The number of halogens is 3. The fraction of sp³-hybridized carbons (Fsp3) is 0.143. The van der Waals surface area contributed by atoms with Crippen LogP contribution in [0.3, 0.4) is 0 Å². The van der Waals surface area contributed by atoms with E-state index in [0.29, 0.717) is 17.7 Å². The maximum absolute atomic E-state index is 13.0. The van der Waals surface area contributed by atoms with Gasteiger partial charge in [0.1, 0.15) is 23.5 Å². The minimum absolute atomic E-state index is 0.0341. The number of hydrogen-bond donors (Lipinski definition) is 0. The van der Waals surface area contributed by atoms with Crippen molar-refractivity contribution in [1.82, 2.24) is 9.97 Å². The van der Waals surface area contributed by atoms with Gasteiger partial charge < -0.3 is 9.47 Å². The third-order valence-corrected chi connectivity index (χ3v) is 3.39. The van der Waals surface area contributed by atoms with Gasteiger partial charge in [0.25, 0.3) is 6.29 Å². The maximum atomic E-state index is 13.0. The molecule has 3 rings (SSSR count). The molecule has 7 heteroatoms. The molecule has 2 heterocycles. The topological polar surface area (TPSA) is 44.2 Å². The van der Waals surface area contributed by atoms with Crippen molar-refractivity contribution < 1.29 is 13.9 Å². The highest BCUT2D eigenvalue weighted by Gasteiger charge is 2.25. The van der Waals surface area contributed by atoms with Crippen LogP contribution in [0.15, 0.2) is 36.8 Å². The first-order valence-electron chi connectivity index (χ1n) is 6.05. The van der Waals surface area contributed by atoms with Gasteiger partial charge in [-0.05, 0) is 29.3 Å². The molecule has 0 unspecified atom stereocenters. The van der Waals surface area contributed by atoms with Gasteiger partial charge in [0, 0.05) is 6.42 Å². The predicted molar refractivity (Wildman–Crippen MR) is 75.3 cm³/mol. The Morgan fingerprint density at radius 3 is 2.38 bits per heavy atom. The lowest BCUT2D eigenvalue weighted by atomic mass is 10.1. The van der Waals surface area contributed by atoms with Gasteiger partial charge in [-0.3, -0.25) is 0 Å². The maximum Gasteiger partial charge on any atom is 0.271 e. The number of ether oxygens (including phenoxy) is 2. The zero-order valence-corrected chi connectivity index (χ0v) is 12.1. The SMILES string of the molecule is Fc1ccc(Cc2nc(Cl)nc(Cl)c2C2OC=CO2)cc1. The number of aromatic nitrogens is 2. The number of nitrogens with zero attached hydrogens (tertiary/aromatic N) is 2. The predicted octanol–water partition coefficient (Wildman–Crippen LogP) is 4.03. The van der Waals surface area contributed by atoms with Gasteiger partial charge in [0.15, 0.2) is 0 Å². The summed E-state index contributed by atoms with van der Waals surface area (Å²) in [6.07, 6.45) is 2.53. The Morgan fingerprint density at radius 1 is 1.05 bits per heavy atom. The molecule has 0 spiro atoms. The first kappa shape index (κ1) is 14.1. The van der Waals surface area contributed by atoms with Crippen LogP contribution in [-0.4, -0.2) is 9.97 Å². The largest absolute Gasteiger partial charge is 0.455 e. The summed E-state index contributed by atoms with van der Waals surface area (Å²) in [4.78, 5) is 8.09. The van der Waals surface area contributed by atoms with Crippen LogP contribution in [0.1, 0.15) is 23.1 Å². The van der Waals surface area contributed by atoms with Crippen LogP contribution in [0.2, 0.25) is 10.4 Å². The third-order valence-electron chi connectivity index (χ3n) is 2.93. The van der Waals surface area contributed by atoms with Crippen LogP contribution < -0.4 is 0 Å². The lowest BCUT2D eigenvalue weighted by molar-refractivity contribution is -0.0256. The normalized spacial score (nSPS) is 14.0. The second-order valence-electron chi connectivity index (χ2n) is 4.32. The van der Waals surface area contributed by atoms with E-state index in [1.807, 2.05) is 0 Å². The quantitative estimate of drug-likeness (QED) is 0.631. The van der Waals surface area contributed by atoms with Crippen LogP contribution in [0.4, 0.5) is 4.39 Å². The molecule has 1 aliphatic heterocycles. The molecule has 0 N–H and O–H groups in total. The van der Waals surface area contributed by atoms with E-state index in [0.717, 1.165) is 5.56 Å². The highest BCUT2D eigenvalue weighted by molar-refractivity contribution is 6.32. The van der Waals surface area contributed by atoms with Crippen molar-refractivity contribution in [3.63, 3.8) is 0 Å². The fourth-order valence-corrected chi connectivity index (χ4v) is 2.50. The van der Waals surface area contributed by atoms with Gasteiger partial charge in [0.05, 0.1) is 11.3 Å². The molecular formula is C14H9Cl2FN2O2. The van der Waals surface area contributed by atoms with Crippen LogP contribution in [0, 0.1) is 5.82 Å². The molecule has 4 nitrogen and oxygen atoms in total. The zero-order valence-electron chi connectivity index (χ0n) is 10.6. The summed E-state index contributed by atoms with van der Waals surface area (Å²) in [7, 11) is 0. The molecule has 108 valence electrons. The average Bonchev–Trinajstić information content (AvgIpc) is 2.94. The molecule has 21 heavy (non-hydrogen) atoms. The average molecular weight is 327 g/mol. The number of hydrogen-bond acceptors (Lipinski definition) is 4. The van der Waals surface area contributed by atoms with Crippen LogP contribution in [0.25, 0.3) is 0 Å². The highest BCUT2D eigenvalue weighted by Crippen LogP contribution is 2.32. The molecule has 1 aromatic carbocycles. The summed E-state index contributed by atoms with van der Waals surface area (Å²) < 4.78 is 23.5. The first-order valence-corrected chi connectivity index (χ1v) is 6.81. The minimum Gasteiger partial charge on any atom is -0.455 e. The van der Waals surface area contributed by atoms with Gasteiger partial charge in [-0.1, -0.05) is 23.7 Å². The summed E-state index contributed by atoms with van der Waals surface area (Å²) in [5, 5.41) is 0.202. The lowest BCUT2D eigenvalue weighted by Gasteiger charge is -2.15. The van der Waals surface area contributed by atoms with Crippen molar-refractivity contribution >= 4 is 23.2 Å². The molecule has 1 aromatic heterocycles. The molecule has 0 saturated heterocycles. The van der Waals surface area contributed by atoms with E-state index in [2.05, 4.69) is 9.97 Å². The standard InChI is InChI=1S/C14H9Cl2FN2O2/c15-12-11(13-20-5-6-21-13)10(18-14(16)19-12)7-8-1-3-9(17)4-2-8/h1-6,13H,7H2. The highest BCUT2D eigenvalue weighted by atomic mass is 35.5. The van der Waals surface area contributed by atoms with Gasteiger partial charge >= 0.3 is 0 Å². The lowest BCUT2D eigenvalue weighted by Crippen LogP contribution is -2.09. The second kappa shape index (κ2) is 5.87. The van der Waals surface area contributed by atoms with Gasteiger partial charge in [-0.2, -0.15) is 0 Å². The molecule has 0 aliphatic carbocycles. The number of rotatable bonds is 3. The van der Waals surface area contributed by atoms with E-state index < -0.39 is 6.29 Å².